The van der Waals surface area contributed by atoms with Gasteiger partial charge in [-0.3, -0.25) is 4.79 Å². The summed E-state index contributed by atoms with van der Waals surface area (Å²) in [4.78, 5) is 13.3. The van der Waals surface area contributed by atoms with Gasteiger partial charge in [0.1, 0.15) is 5.78 Å². The van der Waals surface area contributed by atoms with Crippen LogP contribution in [0.25, 0.3) is 0 Å². The molecule has 0 N–H and O–H groups in total. The third kappa shape index (κ3) is 2.07. The van der Waals surface area contributed by atoms with Gasteiger partial charge in [-0.05, 0) is 24.3 Å². The Labute approximate surface area is 88.5 Å². The van der Waals surface area contributed by atoms with Gasteiger partial charge in [-0.25, -0.2) is 0 Å². The van der Waals surface area contributed by atoms with Crippen LogP contribution in [0, 0.1) is 0 Å². The van der Waals surface area contributed by atoms with Crippen molar-refractivity contribution in [2.75, 3.05) is 18.0 Å². The normalized spacial score (nSPS) is 17.2. The number of hydrogen-bond acceptors (Lipinski definition) is 2. The van der Waals surface area contributed by atoms with Crippen LogP contribution in [0.4, 0.5) is 5.69 Å². The summed E-state index contributed by atoms with van der Waals surface area (Å²) in [6.07, 6.45) is 1.34. The van der Waals surface area contributed by atoms with Gasteiger partial charge < -0.3 is 4.90 Å². The maximum atomic E-state index is 11.0. The molecule has 1 heterocycles. The highest BCUT2D eigenvalue weighted by atomic mass is 35.5. The lowest BCUT2D eigenvalue weighted by atomic mass is 10.1. The molecule has 0 radical (unpaired) electrons. The third-order valence-electron chi connectivity index (χ3n) is 2.51. The molecule has 0 spiro atoms. The van der Waals surface area contributed by atoms with Gasteiger partial charge in [-0.15, -0.1) is 0 Å². The van der Waals surface area contributed by atoms with Crippen LogP contribution in [0.1, 0.15) is 12.8 Å². The Hall–Kier alpha value is -1.02. The maximum absolute atomic E-state index is 11.0. The minimum absolute atomic E-state index is 0.371. The Morgan fingerprint density at radius 1 is 1.07 bits per heavy atom. The van der Waals surface area contributed by atoms with Crippen LogP contribution in [0.15, 0.2) is 24.3 Å². The van der Waals surface area contributed by atoms with Crippen molar-refractivity contribution in [3.8, 4) is 0 Å². The van der Waals surface area contributed by atoms with Crippen LogP contribution in [0.3, 0.4) is 0 Å². The molecule has 74 valence electrons. The SMILES string of the molecule is O=C1CCN(c2ccc(Cl)cc2)CC1. The fourth-order valence-electron chi connectivity index (χ4n) is 1.67. The van der Waals surface area contributed by atoms with E-state index < -0.39 is 0 Å². The molecule has 14 heavy (non-hydrogen) atoms. The number of halogens is 1. The molecule has 0 unspecified atom stereocenters. The monoisotopic (exact) mass is 209 g/mol. The van der Waals surface area contributed by atoms with E-state index in [9.17, 15) is 4.79 Å². The van der Waals surface area contributed by atoms with Crippen LogP contribution in [-0.4, -0.2) is 18.9 Å². The summed E-state index contributed by atoms with van der Waals surface area (Å²) in [5.41, 5.74) is 1.15. The molecule has 0 aliphatic carbocycles. The Morgan fingerprint density at radius 3 is 2.21 bits per heavy atom. The lowest BCUT2D eigenvalue weighted by molar-refractivity contribution is -0.119. The number of nitrogens with zero attached hydrogens (tertiary/aromatic N) is 1. The van der Waals surface area contributed by atoms with Gasteiger partial charge in [-0.2, -0.15) is 0 Å². The number of rotatable bonds is 1. The van der Waals surface area contributed by atoms with Crippen LogP contribution in [0.5, 0.6) is 0 Å². The summed E-state index contributed by atoms with van der Waals surface area (Å²) >= 11 is 5.80. The second kappa shape index (κ2) is 4.01. The first-order valence-electron chi connectivity index (χ1n) is 4.78. The average Bonchev–Trinajstić information content (AvgIpc) is 2.21. The Balaban J connectivity index is 2.08. The van der Waals surface area contributed by atoms with Gasteiger partial charge in [0.2, 0.25) is 0 Å². The first-order valence-corrected chi connectivity index (χ1v) is 5.16. The summed E-state index contributed by atoms with van der Waals surface area (Å²) < 4.78 is 0. The molecule has 2 nitrogen and oxygen atoms in total. The van der Waals surface area contributed by atoms with Gasteiger partial charge in [0.05, 0.1) is 0 Å². The number of Topliss-reactive ketones (excluding diaryl/α,β-unsaturated/α-hetero) is 1. The van der Waals surface area contributed by atoms with Gasteiger partial charge >= 0.3 is 0 Å². The Bertz CT molecular complexity index is 324. The zero-order valence-corrected chi connectivity index (χ0v) is 8.63. The molecular weight excluding hydrogens is 198 g/mol. The topological polar surface area (TPSA) is 20.3 Å². The smallest absolute Gasteiger partial charge is 0.136 e. The van der Waals surface area contributed by atoms with Crippen molar-refractivity contribution in [1.82, 2.24) is 0 Å². The quantitative estimate of drug-likeness (QED) is 0.709. The zero-order chi connectivity index (χ0) is 9.97. The fraction of sp³-hybridized carbons (Fsp3) is 0.364. The summed E-state index contributed by atoms with van der Waals surface area (Å²) in [6, 6.07) is 7.76. The summed E-state index contributed by atoms with van der Waals surface area (Å²) in [5.74, 6) is 0.371. The van der Waals surface area contributed by atoms with E-state index in [-0.39, 0.29) is 0 Å². The van der Waals surface area contributed by atoms with E-state index in [1.54, 1.807) is 0 Å². The molecule has 1 aromatic rings. The maximum Gasteiger partial charge on any atom is 0.136 e. The van der Waals surface area contributed by atoms with Gasteiger partial charge in [0.25, 0.3) is 0 Å². The lowest BCUT2D eigenvalue weighted by Crippen LogP contribution is -2.33. The van der Waals surface area contributed by atoms with E-state index in [1.807, 2.05) is 24.3 Å². The van der Waals surface area contributed by atoms with Crippen LogP contribution in [-0.2, 0) is 4.79 Å². The number of ketones is 1. The second-order valence-corrected chi connectivity index (χ2v) is 3.94. The lowest BCUT2D eigenvalue weighted by Gasteiger charge is -2.28. The minimum atomic E-state index is 0.371. The number of anilines is 1. The molecule has 1 aromatic carbocycles. The molecule has 0 bridgehead atoms. The molecule has 1 aliphatic heterocycles. The first-order chi connectivity index (χ1) is 6.75. The van der Waals surface area contributed by atoms with Gasteiger partial charge in [0.15, 0.2) is 0 Å². The zero-order valence-electron chi connectivity index (χ0n) is 7.87. The molecule has 1 saturated heterocycles. The van der Waals surface area contributed by atoms with Crippen LogP contribution < -0.4 is 4.90 Å². The summed E-state index contributed by atoms with van der Waals surface area (Å²) in [7, 11) is 0. The predicted molar refractivity (Wildman–Crippen MR) is 57.9 cm³/mol. The predicted octanol–water partition coefficient (Wildman–Crippen LogP) is 2.51. The summed E-state index contributed by atoms with van der Waals surface area (Å²) in [5, 5.41) is 0.752. The van der Waals surface area contributed by atoms with Crippen molar-refractivity contribution in [2.45, 2.75) is 12.8 Å². The standard InChI is InChI=1S/C11H12ClNO/c12-9-1-3-10(4-2-9)13-7-5-11(14)6-8-13/h1-4H,5-8H2. The van der Waals surface area contributed by atoms with Gasteiger partial charge in [-0.1, -0.05) is 11.6 Å². The molecule has 1 fully saturated rings. The number of benzene rings is 1. The molecule has 2 rings (SSSR count). The molecule has 0 atom stereocenters. The van der Waals surface area contributed by atoms with E-state index in [2.05, 4.69) is 4.90 Å². The van der Waals surface area contributed by atoms with Gasteiger partial charge in [0, 0.05) is 36.6 Å². The van der Waals surface area contributed by atoms with E-state index in [0.29, 0.717) is 18.6 Å². The third-order valence-corrected chi connectivity index (χ3v) is 2.76. The molecule has 3 heteroatoms. The molecular formula is C11H12ClNO. The Kier molecular flexibility index (Phi) is 2.73. The molecule has 0 saturated carbocycles. The first kappa shape index (κ1) is 9.53. The van der Waals surface area contributed by atoms with E-state index in [1.165, 1.54) is 0 Å². The average molecular weight is 210 g/mol. The van der Waals surface area contributed by atoms with Crippen molar-refractivity contribution in [3.05, 3.63) is 29.3 Å². The van der Waals surface area contributed by atoms with Crippen molar-refractivity contribution in [3.63, 3.8) is 0 Å². The number of carbonyl (C=O) groups is 1. The fourth-order valence-corrected chi connectivity index (χ4v) is 1.79. The van der Waals surface area contributed by atoms with E-state index in [4.69, 9.17) is 11.6 Å². The van der Waals surface area contributed by atoms with E-state index >= 15 is 0 Å². The highest BCUT2D eigenvalue weighted by Crippen LogP contribution is 2.20. The Morgan fingerprint density at radius 2 is 1.64 bits per heavy atom. The van der Waals surface area contributed by atoms with Crippen molar-refractivity contribution >= 4 is 23.1 Å². The van der Waals surface area contributed by atoms with Crippen LogP contribution >= 0.6 is 11.6 Å². The molecule has 0 amide bonds. The number of hydrogen-bond donors (Lipinski definition) is 0. The minimum Gasteiger partial charge on any atom is -0.371 e. The van der Waals surface area contributed by atoms with Crippen molar-refractivity contribution in [2.24, 2.45) is 0 Å². The number of carbonyl (C=O) groups excluding carboxylic acids is 1. The molecule has 1 aliphatic rings. The van der Waals surface area contributed by atoms with Crippen molar-refractivity contribution in [1.29, 1.82) is 0 Å². The summed E-state index contributed by atoms with van der Waals surface area (Å²) in [6.45, 7) is 1.67. The highest BCUT2D eigenvalue weighted by Gasteiger charge is 2.15. The molecule has 0 aromatic heterocycles. The number of piperidine rings is 1. The highest BCUT2D eigenvalue weighted by molar-refractivity contribution is 6.30. The largest absolute Gasteiger partial charge is 0.371 e. The van der Waals surface area contributed by atoms with E-state index in [0.717, 1.165) is 23.8 Å². The van der Waals surface area contributed by atoms with Crippen molar-refractivity contribution < 1.29 is 4.79 Å². The second-order valence-electron chi connectivity index (χ2n) is 3.50. The van der Waals surface area contributed by atoms with Crippen LogP contribution in [0.2, 0.25) is 5.02 Å².